The van der Waals surface area contributed by atoms with Crippen LogP contribution in [-0.2, 0) is 0 Å². The number of hydrogen-bond acceptors (Lipinski definition) is 3. The number of halogens is 2. The van der Waals surface area contributed by atoms with Crippen LogP contribution in [0.25, 0.3) is 11.1 Å². The zero-order chi connectivity index (χ0) is 12.4. The lowest BCUT2D eigenvalue weighted by Gasteiger charge is -2.03. The van der Waals surface area contributed by atoms with E-state index in [0.717, 1.165) is 0 Å². The molecule has 0 unspecified atom stereocenters. The number of aromatic nitrogens is 1. The summed E-state index contributed by atoms with van der Waals surface area (Å²) in [6.45, 7) is 0. The Hall–Kier alpha value is -1.65. The molecule has 0 bridgehead atoms. The highest BCUT2D eigenvalue weighted by Gasteiger charge is 2.10. The lowest BCUT2D eigenvalue weighted by molar-refractivity contribution is -0.389. The standard InChI is InChI=1S/C11H6Cl2N2O2/c12-8-2-3-10(13)9(5-8)7-1-4-11(14-6-7)15(16)17/h1-6H. The van der Waals surface area contributed by atoms with Crippen LogP contribution in [0.5, 0.6) is 0 Å². The van der Waals surface area contributed by atoms with Gasteiger partial charge in [0.1, 0.15) is 6.20 Å². The second-order valence-electron chi connectivity index (χ2n) is 3.29. The van der Waals surface area contributed by atoms with Gasteiger partial charge in [-0.3, -0.25) is 0 Å². The maximum absolute atomic E-state index is 10.5. The third-order valence-corrected chi connectivity index (χ3v) is 2.74. The van der Waals surface area contributed by atoms with Crippen LogP contribution >= 0.6 is 23.2 Å². The quantitative estimate of drug-likeness (QED) is 0.612. The van der Waals surface area contributed by atoms with E-state index < -0.39 is 4.92 Å². The fourth-order valence-corrected chi connectivity index (χ4v) is 1.77. The minimum atomic E-state index is -0.552. The van der Waals surface area contributed by atoms with E-state index in [1.54, 1.807) is 24.3 Å². The molecule has 4 nitrogen and oxygen atoms in total. The summed E-state index contributed by atoms with van der Waals surface area (Å²) in [5.74, 6) is -0.202. The lowest BCUT2D eigenvalue weighted by Crippen LogP contribution is -1.91. The maximum atomic E-state index is 10.5. The first-order chi connectivity index (χ1) is 8.08. The normalized spacial score (nSPS) is 10.2. The SMILES string of the molecule is O=[N+]([O-])c1ccc(-c2cc(Cl)ccc2Cl)cn1. The molecule has 2 aromatic rings. The highest BCUT2D eigenvalue weighted by atomic mass is 35.5. The molecule has 0 aliphatic heterocycles. The van der Waals surface area contributed by atoms with Gasteiger partial charge in [0.15, 0.2) is 0 Å². The lowest BCUT2D eigenvalue weighted by atomic mass is 10.1. The molecule has 0 saturated heterocycles. The van der Waals surface area contributed by atoms with Gasteiger partial charge < -0.3 is 10.1 Å². The van der Waals surface area contributed by atoms with Crippen LogP contribution in [0.2, 0.25) is 10.0 Å². The molecule has 1 heterocycles. The summed E-state index contributed by atoms with van der Waals surface area (Å²) in [7, 11) is 0. The summed E-state index contributed by atoms with van der Waals surface area (Å²) < 4.78 is 0. The molecule has 0 aliphatic rings. The number of rotatable bonds is 2. The molecule has 0 aliphatic carbocycles. The predicted molar refractivity (Wildman–Crippen MR) is 66.3 cm³/mol. The van der Waals surface area contributed by atoms with E-state index in [0.29, 0.717) is 21.2 Å². The molecular weight excluding hydrogens is 263 g/mol. The van der Waals surface area contributed by atoms with Crippen LogP contribution in [0.4, 0.5) is 5.82 Å². The molecule has 0 radical (unpaired) electrons. The monoisotopic (exact) mass is 268 g/mol. The van der Waals surface area contributed by atoms with Crippen LogP contribution in [0, 0.1) is 10.1 Å². The van der Waals surface area contributed by atoms with Gasteiger partial charge >= 0.3 is 5.82 Å². The molecule has 1 aromatic carbocycles. The summed E-state index contributed by atoms with van der Waals surface area (Å²) in [6.07, 6.45) is 1.40. The van der Waals surface area contributed by atoms with Crippen LogP contribution in [-0.4, -0.2) is 9.91 Å². The number of nitro groups is 1. The Bertz CT molecular complexity index is 570. The summed E-state index contributed by atoms with van der Waals surface area (Å²) in [5, 5.41) is 11.5. The van der Waals surface area contributed by atoms with Crippen molar-refractivity contribution < 1.29 is 4.92 Å². The van der Waals surface area contributed by atoms with Gasteiger partial charge in [0.05, 0.1) is 0 Å². The molecule has 6 heteroatoms. The Balaban J connectivity index is 2.46. The van der Waals surface area contributed by atoms with Crippen molar-refractivity contribution in [3.05, 3.63) is 56.7 Å². The van der Waals surface area contributed by atoms with Gasteiger partial charge in [-0.25, -0.2) is 0 Å². The summed E-state index contributed by atoms with van der Waals surface area (Å²) in [5.41, 5.74) is 1.38. The van der Waals surface area contributed by atoms with Gasteiger partial charge in [-0.1, -0.05) is 23.2 Å². The highest BCUT2D eigenvalue weighted by molar-refractivity contribution is 6.35. The summed E-state index contributed by atoms with van der Waals surface area (Å²) >= 11 is 11.9. The molecule has 2 rings (SSSR count). The molecule has 0 saturated carbocycles. The number of hydrogen-bond donors (Lipinski definition) is 0. The van der Waals surface area contributed by atoms with E-state index in [9.17, 15) is 10.1 Å². The maximum Gasteiger partial charge on any atom is 0.363 e. The molecule has 0 atom stereocenters. The van der Waals surface area contributed by atoms with Gasteiger partial charge in [-0.15, -0.1) is 0 Å². The van der Waals surface area contributed by atoms with E-state index in [1.807, 2.05) is 0 Å². The molecule has 0 fully saturated rings. The third kappa shape index (κ3) is 2.54. The van der Waals surface area contributed by atoms with Crippen LogP contribution in [0.1, 0.15) is 0 Å². The topological polar surface area (TPSA) is 56.0 Å². The van der Waals surface area contributed by atoms with E-state index in [1.165, 1.54) is 12.3 Å². The number of nitrogens with zero attached hydrogens (tertiary/aromatic N) is 2. The Labute approximate surface area is 107 Å². The smallest absolute Gasteiger partial charge is 0.358 e. The summed E-state index contributed by atoms with van der Waals surface area (Å²) in [4.78, 5) is 13.6. The Morgan fingerprint density at radius 1 is 1.18 bits per heavy atom. The Morgan fingerprint density at radius 2 is 1.94 bits per heavy atom. The van der Waals surface area contributed by atoms with E-state index in [-0.39, 0.29) is 5.82 Å². The van der Waals surface area contributed by atoms with Gasteiger partial charge in [0.2, 0.25) is 0 Å². The first-order valence-corrected chi connectivity index (χ1v) is 5.39. The minimum Gasteiger partial charge on any atom is -0.358 e. The zero-order valence-corrected chi connectivity index (χ0v) is 9.94. The van der Waals surface area contributed by atoms with Crippen molar-refractivity contribution in [3.63, 3.8) is 0 Å². The van der Waals surface area contributed by atoms with Crippen molar-refractivity contribution in [1.82, 2.24) is 4.98 Å². The predicted octanol–water partition coefficient (Wildman–Crippen LogP) is 3.96. The van der Waals surface area contributed by atoms with Crippen molar-refractivity contribution >= 4 is 29.0 Å². The molecular formula is C11H6Cl2N2O2. The first kappa shape index (κ1) is 11.8. The fraction of sp³-hybridized carbons (Fsp3) is 0. The van der Waals surface area contributed by atoms with Crippen LogP contribution in [0.3, 0.4) is 0 Å². The minimum absolute atomic E-state index is 0.202. The molecule has 0 N–H and O–H groups in total. The molecule has 17 heavy (non-hydrogen) atoms. The number of benzene rings is 1. The van der Waals surface area contributed by atoms with Crippen LogP contribution in [0.15, 0.2) is 36.5 Å². The third-order valence-electron chi connectivity index (χ3n) is 2.17. The van der Waals surface area contributed by atoms with E-state index in [4.69, 9.17) is 23.2 Å². The van der Waals surface area contributed by atoms with Crippen molar-refractivity contribution in [3.8, 4) is 11.1 Å². The average Bonchev–Trinajstić information content (AvgIpc) is 2.32. The Kier molecular flexibility index (Phi) is 3.26. The van der Waals surface area contributed by atoms with Crippen LogP contribution < -0.4 is 0 Å². The number of pyridine rings is 1. The van der Waals surface area contributed by atoms with Gasteiger partial charge in [0, 0.05) is 27.2 Å². The van der Waals surface area contributed by atoms with Gasteiger partial charge in [-0.2, -0.15) is 0 Å². The highest BCUT2D eigenvalue weighted by Crippen LogP contribution is 2.30. The van der Waals surface area contributed by atoms with Gasteiger partial charge in [-0.05, 0) is 34.2 Å². The van der Waals surface area contributed by atoms with Crippen molar-refractivity contribution in [1.29, 1.82) is 0 Å². The molecule has 0 amide bonds. The zero-order valence-electron chi connectivity index (χ0n) is 8.43. The van der Waals surface area contributed by atoms with E-state index in [2.05, 4.69) is 4.98 Å². The average molecular weight is 269 g/mol. The molecule has 1 aromatic heterocycles. The molecule has 0 spiro atoms. The Morgan fingerprint density at radius 3 is 2.53 bits per heavy atom. The van der Waals surface area contributed by atoms with Crippen molar-refractivity contribution in [2.24, 2.45) is 0 Å². The van der Waals surface area contributed by atoms with Gasteiger partial charge in [0.25, 0.3) is 0 Å². The second-order valence-corrected chi connectivity index (χ2v) is 4.13. The summed E-state index contributed by atoms with van der Waals surface area (Å²) in [6, 6.07) is 7.94. The largest absolute Gasteiger partial charge is 0.363 e. The van der Waals surface area contributed by atoms with Crippen molar-refractivity contribution in [2.75, 3.05) is 0 Å². The van der Waals surface area contributed by atoms with Crippen molar-refractivity contribution in [2.45, 2.75) is 0 Å². The fourth-order valence-electron chi connectivity index (χ4n) is 1.37. The second kappa shape index (κ2) is 4.69. The first-order valence-electron chi connectivity index (χ1n) is 4.64. The molecule has 86 valence electrons. The van der Waals surface area contributed by atoms with E-state index >= 15 is 0 Å².